The number of alkyl halides is 3. The Kier molecular flexibility index (Phi) is 6.06. The Bertz CT molecular complexity index is 944. The van der Waals surface area contributed by atoms with Crippen molar-refractivity contribution in [2.75, 3.05) is 7.11 Å². The topological polar surface area (TPSA) is 70.4 Å². The zero-order chi connectivity index (χ0) is 20.5. The van der Waals surface area contributed by atoms with E-state index in [9.17, 15) is 22.8 Å². The molecular formula is C16H13Cl2F3N2O4. The van der Waals surface area contributed by atoms with Crippen LogP contribution in [0.15, 0.2) is 23.1 Å². The average molecular weight is 425 g/mol. The van der Waals surface area contributed by atoms with E-state index in [1.54, 1.807) is 0 Å². The predicted molar refractivity (Wildman–Crippen MR) is 92.0 cm³/mol. The van der Waals surface area contributed by atoms with E-state index in [0.717, 1.165) is 7.05 Å². The molecule has 0 saturated carbocycles. The van der Waals surface area contributed by atoms with Crippen molar-refractivity contribution in [3.8, 4) is 17.0 Å². The van der Waals surface area contributed by atoms with Crippen LogP contribution in [-0.2, 0) is 22.8 Å². The molecule has 2 rings (SSSR count). The number of nitrogens with zero attached hydrogens (tertiary/aromatic N) is 2. The van der Waals surface area contributed by atoms with Crippen LogP contribution in [0.25, 0.3) is 11.3 Å². The van der Waals surface area contributed by atoms with E-state index >= 15 is 0 Å². The van der Waals surface area contributed by atoms with Crippen molar-refractivity contribution >= 4 is 29.2 Å². The van der Waals surface area contributed by atoms with Crippen LogP contribution in [0.2, 0.25) is 10.0 Å². The third-order valence-electron chi connectivity index (χ3n) is 3.59. The van der Waals surface area contributed by atoms with E-state index in [1.165, 1.54) is 26.2 Å². The highest BCUT2D eigenvalue weighted by molar-refractivity contribution is 6.37. The van der Waals surface area contributed by atoms with E-state index in [0.29, 0.717) is 10.8 Å². The van der Waals surface area contributed by atoms with Gasteiger partial charge in [0, 0.05) is 12.6 Å². The lowest BCUT2D eigenvalue weighted by atomic mass is 10.1. The van der Waals surface area contributed by atoms with Crippen LogP contribution >= 0.6 is 23.2 Å². The third-order valence-corrected chi connectivity index (χ3v) is 4.20. The van der Waals surface area contributed by atoms with Crippen LogP contribution in [-0.4, -0.2) is 28.7 Å². The quantitative estimate of drug-likeness (QED) is 0.699. The number of rotatable bonds is 4. The van der Waals surface area contributed by atoms with E-state index in [4.69, 9.17) is 27.9 Å². The molecule has 1 unspecified atom stereocenters. The molecule has 0 N–H and O–H groups in total. The molecule has 0 aliphatic heterocycles. The standard InChI is InChI=1S/C16H13Cl2F3N2O4/c1-7(15(25)26-3)27-11-4-8(9(17)5-10(11)18)13-14(24)23(2)12(6-22-13)16(19,20)21/h4-7H,1-3H3. The number of hydrogen-bond acceptors (Lipinski definition) is 5. The smallest absolute Gasteiger partial charge is 0.433 e. The molecular weight excluding hydrogens is 412 g/mol. The first-order valence-corrected chi connectivity index (χ1v) is 8.10. The van der Waals surface area contributed by atoms with E-state index in [2.05, 4.69) is 9.72 Å². The summed E-state index contributed by atoms with van der Waals surface area (Å²) in [5.41, 5.74) is -2.55. The summed E-state index contributed by atoms with van der Waals surface area (Å²) in [4.78, 5) is 27.5. The van der Waals surface area contributed by atoms with Crippen molar-refractivity contribution in [1.29, 1.82) is 0 Å². The fourth-order valence-electron chi connectivity index (χ4n) is 2.19. The fourth-order valence-corrected chi connectivity index (χ4v) is 2.71. The highest BCUT2D eigenvalue weighted by atomic mass is 35.5. The largest absolute Gasteiger partial charge is 0.477 e. The number of ether oxygens (including phenoxy) is 2. The third kappa shape index (κ3) is 4.36. The minimum absolute atomic E-state index is 0.00227. The maximum Gasteiger partial charge on any atom is 0.433 e. The van der Waals surface area contributed by atoms with Gasteiger partial charge in [-0.05, 0) is 19.1 Å². The Morgan fingerprint density at radius 1 is 1.26 bits per heavy atom. The molecule has 0 bridgehead atoms. The molecule has 1 atom stereocenters. The molecule has 0 aliphatic carbocycles. The van der Waals surface area contributed by atoms with Crippen LogP contribution in [0.5, 0.6) is 5.75 Å². The van der Waals surface area contributed by atoms with E-state index < -0.39 is 29.5 Å². The van der Waals surface area contributed by atoms with Gasteiger partial charge in [-0.15, -0.1) is 0 Å². The molecule has 1 aromatic heterocycles. The summed E-state index contributed by atoms with van der Waals surface area (Å²) in [6, 6.07) is 2.46. The lowest BCUT2D eigenvalue weighted by molar-refractivity contribution is -0.148. The molecule has 0 radical (unpaired) electrons. The second-order valence-electron chi connectivity index (χ2n) is 5.40. The van der Waals surface area contributed by atoms with Gasteiger partial charge < -0.3 is 14.0 Å². The average Bonchev–Trinajstić information content (AvgIpc) is 2.58. The molecule has 0 amide bonds. The maximum atomic E-state index is 12.9. The highest BCUT2D eigenvalue weighted by Crippen LogP contribution is 2.36. The molecule has 27 heavy (non-hydrogen) atoms. The summed E-state index contributed by atoms with van der Waals surface area (Å²) in [6.45, 7) is 1.41. The van der Waals surface area contributed by atoms with Crippen molar-refractivity contribution in [1.82, 2.24) is 9.55 Å². The summed E-state index contributed by atoms with van der Waals surface area (Å²) in [6.07, 6.45) is -5.24. The first-order chi connectivity index (χ1) is 12.5. The minimum Gasteiger partial charge on any atom is -0.477 e. The summed E-state index contributed by atoms with van der Waals surface area (Å²) in [5, 5.41) is 0.00525. The van der Waals surface area contributed by atoms with Crippen LogP contribution < -0.4 is 10.3 Å². The Hall–Kier alpha value is -2.26. The Balaban J connectivity index is 2.57. The van der Waals surface area contributed by atoms with Crippen LogP contribution in [0.4, 0.5) is 13.2 Å². The van der Waals surface area contributed by atoms with Gasteiger partial charge in [-0.1, -0.05) is 23.2 Å². The van der Waals surface area contributed by atoms with Gasteiger partial charge >= 0.3 is 12.1 Å². The second kappa shape index (κ2) is 7.77. The van der Waals surface area contributed by atoms with Crippen LogP contribution in [0, 0.1) is 0 Å². The summed E-state index contributed by atoms with van der Waals surface area (Å²) >= 11 is 12.1. The Labute approximate surface area is 161 Å². The molecule has 146 valence electrons. The maximum absolute atomic E-state index is 12.9. The van der Waals surface area contributed by atoms with Gasteiger partial charge in [0.2, 0.25) is 0 Å². The Morgan fingerprint density at radius 3 is 2.44 bits per heavy atom. The summed E-state index contributed by atoms with van der Waals surface area (Å²) in [5.74, 6) is -0.691. The number of methoxy groups -OCH3 is 1. The van der Waals surface area contributed by atoms with Gasteiger partial charge in [-0.3, -0.25) is 4.79 Å². The van der Waals surface area contributed by atoms with Crippen molar-refractivity contribution < 1.29 is 27.4 Å². The number of benzene rings is 1. The number of aromatic nitrogens is 2. The molecule has 0 spiro atoms. The van der Waals surface area contributed by atoms with Crippen molar-refractivity contribution in [3.05, 3.63) is 44.4 Å². The van der Waals surface area contributed by atoms with Gasteiger partial charge in [0.05, 0.1) is 23.4 Å². The zero-order valence-corrected chi connectivity index (χ0v) is 15.7. The van der Waals surface area contributed by atoms with Crippen LogP contribution in [0.1, 0.15) is 12.6 Å². The highest BCUT2D eigenvalue weighted by Gasteiger charge is 2.35. The normalized spacial score (nSPS) is 12.6. The van der Waals surface area contributed by atoms with E-state index in [1.807, 2.05) is 0 Å². The fraction of sp³-hybridized carbons (Fsp3) is 0.312. The molecule has 0 saturated heterocycles. The number of hydrogen-bond donors (Lipinski definition) is 0. The van der Waals surface area contributed by atoms with Crippen molar-refractivity contribution in [2.24, 2.45) is 7.05 Å². The van der Waals surface area contributed by atoms with Gasteiger partial charge in [-0.2, -0.15) is 13.2 Å². The molecule has 11 heteroatoms. The van der Waals surface area contributed by atoms with Gasteiger partial charge in [0.1, 0.15) is 17.1 Å². The molecule has 0 aliphatic rings. The van der Waals surface area contributed by atoms with Crippen molar-refractivity contribution in [2.45, 2.75) is 19.2 Å². The lowest BCUT2D eigenvalue weighted by Crippen LogP contribution is -2.28. The van der Waals surface area contributed by atoms with Gasteiger partial charge in [0.25, 0.3) is 5.56 Å². The number of carbonyl (C=O) groups excluding carboxylic acids is 1. The van der Waals surface area contributed by atoms with Gasteiger partial charge in [0.15, 0.2) is 6.10 Å². The van der Waals surface area contributed by atoms with Crippen LogP contribution in [0.3, 0.4) is 0 Å². The first kappa shape index (κ1) is 21.0. The predicted octanol–water partition coefficient (Wildman–Crippen LogP) is 3.71. The SMILES string of the molecule is COC(=O)C(C)Oc1cc(-c2ncc(C(F)(F)F)n(C)c2=O)c(Cl)cc1Cl. The van der Waals surface area contributed by atoms with Gasteiger partial charge in [-0.25, -0.2) is 9.78 Å². The summed E-state index contributed by atoms with van der Waals surface area (Å²) < 4.78 is 49.1. The molecule has 0 fully saturated rings. The molecule has 1 heterocycles. The van der Waals surface area contributed by atoms with E-state index in [-0.39, 0.29) is 27.1 Å². The van der Waals surface area contributed by atoms with Crippen molar-refractivity contribution in [3.63, 3.8) is 0 Å². The number of esters is 1. The number of halogens is 5. The number of carbonyl (C=O) groups is 1. The molecule has 1 aromatic carbocycles. The first-order valence-electron chi connectivity index (χ1n) is 7.34. The monoisotopic (exact) mass is 424 g/mol. The lowest BCUT2D eigenvalue weighted by Gasteiger charge is -2.16. The Morgan fingerprint density at radius 2 is 1.89 bits per heavy atom. The molecule has 2 aromatic rings. The second-order valence-corrected chi connectivity index (χ2v) is 6.21. The summed E-state index contributed by atoms with van der Waals surface area (Å²) in [7, 11) is 2.14. The zero-order valence-electron chi connectivity index (χ0n) is 14.2. The molecule has 6 nitrogen and oxygen atoms in total. The minimum atomic E-state index is -4.74.